The van der Waals surface area contributed by atoms with Gasteiger partial charge in [0.1, 0.15) is 0 Å². The van der Waals surface area contributed by atoms with Gasteiger partial charge in [-0.15, -0.1) is 0 Å². The van der Waals surface area contributed by atoms with Crippen LogP contribution >= 0.6 is 0 Å². The zero-order valence-electron chi connectivity index (χ0n) is 5.14. The highest BCUT2D eigenvalue weighted by atomic mass is 32.3. The maximum absolute atomic E-state index is 10.2. The topological polar surface area (TPSA) is 80.7 Å². The van der Waals surface area contributed by atoms with Crippen molar-refractivity contribution in [1.29, 1.82) is 0 Å². The summed E-state index contributed by atoms with van der Waals surface area (Å²) >= 11 is 0. The number of hydrogen-bond acceptors (Lipinski definition) is 4. The summed E-state index contributed by atoms with van der Waals surface area (Å²) in [5.74, 6) is -1.12. The van der Waals surface area contributed by atoms with Crippen LogP contribution in [-0.4, -0.2) is 18.9 Å². The summed E-state index contributed by atoms with van der Waals surface area (Å²) in [4.78, 5) is 10.2. The molecule has 0 bridgehead atoms. The van der Waals surface area contributed by atoms with Crippen molar-refractivity contribution in [2.24, 2.45) is 0 Å². The Morgan fingerprint density at radius 1 is 1.60 bits per heavy atom. The summed E-state index contributed by atoms with van der Waals surface area (Å²) in [6.07, 6.45) is 2.15. The molecule has 0 spiro atoms. The van der Waals surface area contributed by atoms with E-state index in [2.05, 4.69) is 4.18 Å². The molecule has 58 valence electrons. The lowest BCUT2D eigenvalue weighted by Crippen LogP contribution is -2.08. The van der Waals surface area contributed by atoms with Crippen LogP contribution in [-0.2, 0) is 19.4 Å². The van der Waals surface area contributed by atoms with E-state index in [1.54, 1.807) is 0 Å². The van der Waals surface area contributed by atoms with E-state index < -0.39 is 16.4 Å². The molecule has 0 aliphatic heterocycles. The Labute approximate surface area is 58.3 Å². The molecule has 6 heteroatoms. The van der Waals surface area contributed by atoms with Crippen molar-refractivity contribution in [3.05, 3.63) is 12.2 Å². The Balaban J connectivity index is 4.07. The molecule has 0 saturated carbocycles. The summed E-state index contributed by atoms with van der Waals surface area (Å²) in [5, 5.41) is 0. The van der Waals surface area contributed by atoms with Crippen LogP contribution in [0.3, 0.4) is 0 Å². The third-order valence-corrected chi connectivity index (χ3v) is 0.865. The summed E-state index contributed by atoms with van der Waals surface area (Å²) in [6.45, 7) is 1.51. The van der Waals surface area contributed by atoms with Gasteiger partial charge in [-0.2, -0.15) is 8.42 Å². The van der Waals surface area contributed by atoms with E-state index in [0.29, 0.717) is 0 Å². The SMILES string of the molecule is CC=CC(=O)OS(=O)(=O)O. The highest BCUT2D eigenvalue weighted by Crippen LogP contribution is 1.88. The summed E-state index contributed by atoms with van der Waals surface area (Å²) in [7, 11) is -4.65. The number of allylic oxidation sites excluding steroid dienone is 1. The van der Waals surface area contributed by atoms with Crippen LogP contribution in [0.15, 0.2) is 12.2 Å². The van der Waals surface area contributed by atoms with Crippen molar-refractivity contribution in [2.45, 2.75) is 6.92 Å². The molecule has 0 aromatic carbocycles. The molecule has 0 aliphatic carbocycles. The quantitative estimate of drug-likeness (QED) is 0.458. The Hall–Kier alpha value is -0.880. The Morgan fingerprint density at radius 2 is 2.10 bits per heavy atom. The maximum Gasteiger partial charge on any atom is 0.449 e. The van der Waals surface area contributed by atoms with E-state index in [1.807, 2.05) is 0 Å². The molecule has 0 aromatic rings. The lowest BCUT2D eigenvalue weighted by molar-refractivity contribution is -0.128. The number of hydrogen-bond donors (Lipinski definition) is 1. The Bertz CT molecular complexity index is 236. The predicted molar refractivity (Wildman–Crippen MR) is 32.5 cm³/mol. The zero-order valence-corrected chi connectivity index (χ0v) is 5.96. The number of carbonyl (C=O) groups is 1. The first-order valence-electron chi connectivity index (χ1n) is 2.29. The lowest BCUT2D eigenvalue weighted by atomic mass is 10.5. The average molecular weight is 166 g/mol. The van der Waals surface area contributed by atoms with Gasteiger partial charge in [-0.3, -0.25) is 4.55 Å². The molecule has 0 fully saturated rings. The molecule has 0 aromatic heterocycles. The van der Waals surface area contributed by atoms with Gasteiger partial charge in [0.05, 0.1) is 0 Å². The van der Waals surface area contributed by atoms with Crippen LogP contribution in [0, 0.1) is 0 Å². The summed E-state index contributed by atoms with van der Waals surface area (Å²) in [6, 6.07) is 0. The fraction of sp³-hybridized carbons (Fsp3) is 0.250. The number of rotatable bonds is 2. The van der Waals surface area contributed by atoms with Crippen LogP contribution in [0.1, 0.15) is 6.92 Å². The highest BCUT2D eigenvalue weighted by molar-refractivity contribution is 7.81. The molecule has 0 atom stereocenters. The van der Waals surface area contributed by atoms with Crippen molar-refractivity contribution in [2.75, 3.05) is 0 Å². The monoisotopic (exact) mass is 166 g/mol. The normalized spacial score (nSPS) is 11.8. The minimum Gasteiger partial charge on any atom is -0.321 e. The molecule has 10 heavy (non-hydrogen) atoms. The van der Waals surface area contributed by atoms with Gasteiger partial charge in [0.2, 0.25) is 0 Å². The van der Waals surface area contributed by atoms with Crippen molar-refractivity contribution in [3.63, 3.8) is 0 Å². The molecule has 1 N–H and O–H groups in total. The molecule has 0 rings (SSSR count). The lowest BCUT2D eigenvalue weighted by Gasteiger charge is -1.91. The van der Waals surface area contributed by atoms with Gasteiger partial charge in [0, 0.05) is 6.08 Å². The first-order valence-corrected chi connectivity index (χ1v) is 3.66. The number of carbonyl (C=O) groups excluding carboxylic acids is 1. The Kier molecular flexibility index (Phi) is 3.04. The van der Waals surface area contributed by atoms with Crippen LogP contribution in [0.25, 0.3) is 0 Å². The highest BCUT2D eigenvalue weighted by Gasteiger charge is 2.08. The molecule has 0 heterocycles. The van der Waals surface area contributed by atoms with Crippen LogP contribution in [0.2, 0.25) is 0 Å². The van der Waals surface area contributed by atoms with Crippen molar-refractivity contribution in [3.8, 4) is 0 Å². The van der Waals surface area contributed by atoms with Gasteiger partial charge in [-0.25, -0.2) is 4.79 Å². The minimum atomic E-state index is -4.65. The van der Waals surface area contributed by atoms with E-state index >= 15 is 0 Å². The van der Waals surface area contributed by atoms with Gasteiger partial charge in [-0.1, -0.05) is 6.08 Å². The second-order valence-electron chi connectivity index (χ2n) is 1.33. The van der Waals surface area contributed by atoms with E-state index in [4.69, 9.17) is 4.55 Å². The van der Waals surface area contributed by atoms with Crippen molar-refractivity contribution >= 4 is 16.4 Å². The fourth-order valence-electron chi connectivity index (χ4n) is 0.268. The Morgan fingerprint density at radius 3 is 2.40 bits per heavy atom. The summed E-state index contributed by atoms with van der Waals surface area (Å²) < 4.78 is 31.0. The van der Waals surface area contributed by atoms with Gasteiger partial charge in [0.15, 0.2) is 0 Å². The second kappa shape index (κ2) is 3.33. The van der Waals surface area contributed by atoms with Crippen LogP contribution in [0.5, 0.6) is 0 Å². The standard InChI is InChI=1S/C4H6O5S/c1-2-3-4(5)9-10(6,7)8/h2-3H,1H3,(H,6,7,8). The zero-order chi connectivity index (χ0) is 8.20. The maximum atomic E-state index is 10.2. The van der Waals surface area contributed by atoms with Crippen LogP contribution in [0.4, 0.5) is 0 Å². The molecule has 0 unspecified atom stereocenters. The van der Waals surface area contributed by atoms with E-state index in [-0.39, 0.29) is 0 Å². The predicted octanol–water partition coefficient (Wildman–Crippen LogP) is -0.0915. The van der Waals surface area contributed by atoms with Gasteiger partial charge >= 0.3 is 16.4 Å². The second-order valence-corrected chi connectivity index (χ2v) is 2.35. The van der Waals surface area contributed by atoms with E-state index in [0.717, 1.165) is 6.08 Å². The first-order chi connectivity index (χ1) is 4.45. The van der Waals surface area contributed by atoms with Gasteiger partial charge in [-0.05, 0) is 6.92 Å². The van der Waals surface area contributed by atoms with Crippen molar-refractivity contribution < 1.29 is 21.9 Å². The fourth-order valence-corrected chi connectivity index (χ4v) is 0.531. The van der Waals surface area contributed by atoms with Gasteiger partial charge < -0.3 is 4.18 Å². The molecule has 0 amide bonds. The average Bonchev–Trinajstić information content (AvgIpc) is 1.59. The summed E-state index contributed by atoms with van der Waals surface area (Å²) in [5.41, 5.74) is 0. The molecule has 0 aliphatic rings. The smallest absolute Gasteiger partial charge is 0.321 e. The minimum absolute atomic E-state index is 0.869. The van der Waals surface area contributed by atoms with E-state index in [9.17, 15) is 13.2 Å². The molecular formula is C4H6O5S. The van der Waals surface area contributed by atoms with Gasteiger partial charge in [0.25, 0.3) is 0 Å². The first kappa shape index (κ1) is 9.12. The third kappa shape index (κ3) is 5.26. The third-order valence-electron chi connectivity index (χ3n) is 0.490. The van der Waals surface area contributed by atoms with Crippen molar-refractivity contribution in [1.82, 2.24) is 0 Å². The molecule has 0 radical (unpaired) electrons. The molecule has 5 nitrogen and oxygen atoms in total. The van der Waals surface area contributed by atoms with Crippen LogP contribution < -0.4 is 0 Å². The molecule has 0 saturated heterocycles. The molecular weight excluding hydrogens is 160 g/mol. The van der Waals surface area contributed by atoms with E-state index in [1.165, 1.54) is 13.0 Å². The largest absolute Gasteiger partial charge is 0.449 e.